The van der Waals surface area contributed by atoms with Crippen LogP contribution in [0.4, 0.5) is 0 Å². The second-order valence-electron chi connectivity index (χ2n) is 3.89. The number of benzene rings is 1. The van der Waals surface area contributed by atoms with Crippen LogP contribution in [-0.2, 0) is 14.6 Å². The fraction of sp³-hybridized carbons (Fsp3) is 0.455. The Kier molecular flexibility index (Phi) is 3.26. The second-order valence-corrected chi connectivity index (χ2v) is 5.90. The number of sulfone groups is 1. The van der Waals surface area contributed by atoms with Crippen LogP contribution in [-0.4, -0.2) is 41.1 Å². The van der Waals surface area contributed by atoms with E-state index in [-0.39, 0.29) is 11.0 Å². The predicted octanol–water partition coefficient (Wildman–Crippen LogP) is 0.876. The molecular weight excluding hydrogens is 244 g/mol. The zero-order valence-corrected chi connectivity index (χ0v) is 10.5. The Hall–Kier alpha value is -1.27. The van der Waals surface area contributed by atoms with Crippen LogP contribution in [0.5, 0.6) is 11.5 Å². The lowest BCUT2D eigenvalue weighted by molar-refractivity contribution is 0.0270. The topological polar surface area (TPSA) is 61.8 Å². The Morgan fingerprint density at radius 1 is 1.41 bits per heavy atom. The molecular formula is C11H14O5S. The van der Waals surface area contributed by atoms with Gasteiger partial charge in [0.15, 0.2) is 27.4 Å². The van der Waals surface area contributed by atoms with Crippen molar-refractivity contribution in [2.45, 2.75) is 11.0 Å². The Labute approximate surface area is 100 Å². The van der Waals surface area contributed by atoms with Gasteiger partial charge in [-0.3, -0.25) is 0 Å². The summed E-state index contributed by atoms with van der Waals surface area (Å²) in [7, 11) is -1.63. The van der Waals surface area contributed by atoms with Crippen molar-refractivity contribution in [1.29, 1.82) is 0 Å². The zero-order chi connectivity index (χ0) is 12.5. The molecule has 0 fully saturated rings. The third kappa shape index (κ3) is 2.70. The highest BCUT2D eigenvalue weighted by Gasteiger charge is 2.22. The monoisotopic (exact) mass is 258 g/mol. The summed E-state index contributed by atoms with van der Waals surface area (Å²) >= 11 is 0. The minimum atomic E-state index is -3.22. The molecule has 1 heterocycles. The molecule has 0 amide bonds. The molecule has 1 aromatic carbocycles. The largest absolute Gasteiger partial charge is 0.486 e. The lowest BCUT2D eigenvalue weighted by Gasteiger charge is -2.26. The van der Waals surface area contributed by atoms with Gasteiger partial charge in [-0.05, 0) is 12.1 Å². The molecule has 0 saturated carbocycles. The first-order chi connectivity index (χ1) is 8.00. The van der Waals surface area contributed by atoms with Gasteiger partial charge in [-0.15, -0.1) is 0 Å². The van der Waals surface area contributed by atoms with Crippen LogP contribution < -0.4 is 9.47 Å². The molecule has 1 aliphatic heterocycles. The fourth-order valence-corrected chi connectivity index (χ4v) is 2.23. The molecule has 1 aromatic rings. The molecule has 1 atom stereocenters. The molecule has 1 aliphatic rings. The first-order valence-corrected chi connectivity index (χ1v) is 7.02. The summed E-state index contributed by atoms with van der Waals surface area (Å²) in [5.74, 6) is 1.01. The first kappa shape index (κ1) is 12.2. The van der Waals surface area contributed by atoms with Gasteiger partial charge in [0.25, 0.3) is 0 Å². The van der Waals surface area contributed by atoms with Gasteiger partial charge in [-0.2, -0.15) is 0 Å². The minimum absolute atomic E-state index is 0.156. The third-order valence-electron chi connectivity index (χ3n) is 2.41. The van der Waals surface area contributed by atoms with Crippen molar-refractivity contribution in [3.05, 3.63) is 18.2 Å². The summed E-state index contributed by atoms with van der Waals surface area (Å²) in [6, 6.07) is 4.59. The fourth-order valence-electron chi connectivity index (χ4n) is 1.59. The van der Waals surface area contributed by atoms with Gasteiger partial charge in [0.05, 0.1) is 11.5 Å². The highest BCUT2D eigenvalue weighted by Crippen LogP contribution is 2.33. The Morgan fingerprint density at radius 2 is 2.18 bits per heavy atom. The van der Waals surface area contributed by atoms with Crippen LogP contribution in [0.15, 0.2) is 23.1 Å². The van der Waals surface area contributed by atoms with Crippen molar-refractivity contribution in [1.82, 2.24) is 0 Å². The average molecular weight is 258 g/mol. The zero-order valence-electron chi connectivity index (χ0n) is 9.67. The molecule has 6 heteroatoms. The molecule has 5 nitrogen and oxygen atoms in total. The van der Waals surface area contributed by atoms with E-state index in [2.05, 4.69) is 0 Å². The van der Waals surface area contributed by atoms with E-state index >= 15 is 0 Å². The Morgan fingerprint density at radius 3 is 2.82 bits per heavy atom. The molecule has 0 saturated heterocycles. The van der Waals surface area contributed by atoms with E-state index in [9.17, 15) is 8.42 Å². The van der Waals surface area contributed by atoms with Gasteiger partial charge in [0.1, 0.15) is 6.61 Å². The van der Waals surface area contributed by atoms with Crippen LogP contribution in [0.2, 0.25) is 0 Å². The maximum absolute atomic E-state index is 11.4. The highest BCUT2D eigenvalue weighted by atomic mass is 32.2. The van der Waals surface area contributed by atoms with Gasteiger partial charge in [-0.1, -0.05) is 0 Å². The van der Waals surface area contributed by atoms with Gasteiger partial charge in [0, 0.05) is 19.4 Å². The van der Waals surface area contributed by atoms with E-state index in [0.29, 0.717) is 24.7 Å². The van der Waals surface area contributed by atoms with Gasteiger partial charge < -0.3 is 14.2 Å². The molecule has 0 spiro atoms. The van der Waals surface area contributed by atoms with Gasteiger partial charge in [-0.25, -0.2) is 8.42 Å². The summed E-state index contributed by atoms with van der Waals surface area (Å²) in [5, 5.41) is 0. The lowest BCUT2D eigenvalue weighted by atomic mass is 10.2. The Bertz CT molecular complexity index is 509. The SMILES string of the molecule is COCC1COc2cc(S(C)(=O)=O)ccc2O1. The molecule has 0 radical (unpaired) electrons. The van der Waals surface area contributed by atoms with Crippen LogP contribution in [0.25, 0.3) is 0 Å². The van der Waals surface area contributed by atoms with Crippen molar-refractivity contribution in [3.63, 3.8) is 0 Å². The van der Waals surface area contributed by atoms with Crippen molar-refractivity contribution in [3.8, 4) is 11.5 Å². The van der Waals surface area contributed by atoms with Crippen molar-refractivity contribution >= 4 is 9.84 Å². The van der Waals surface area contributed by atoms with E-state index in [1.165, 1.54) is 12.1 Å². The molecule has 94 valence electrons. The van der Waals surface area contributed by atoms with Crippen LogP contribution in [0.3, 0.4) is 0 Å². The maximum Gasteiger partial charge on any atom is 0.175 e. The maximum atomic E-state index is 11.4. The molecule has 2 rings (SSSR count). The van der Waals surface area contributed by atoms with E-state index in [4.69, 9.17) is 14.2 Å². The quantitative estimate of drug-likeness (QED) is 0.805. The second kappa shape index (κ2) is 4.54. The molecule has 1 unspecified atom stereocenters. The predicted molar refractivity (Wildman–Crippen MR) is 61.3 cm³/mol. The normalized spacial score (nSPS) is 19.1. The number of hydrogen-bond acceptors (Lipinski definition) is 5. The number of hydrogen-bond donors (Lipinski definition) is 0. The molecule has 0 aromatic heterocycles. The molecule has 17 heavy (non-hydrogen) atoms. The summed E-state index contributed by atoms with van der Waals surface area (Å²) in [6.07, 6.45) is 1.00. The first-order valence-electron chi connectivity index (χ1n) is 5.13. The lowest BCUT2D eigenvalue weighted by Crippen LogP contribution is -2.33. The van der Waals surface area contributed by atoms with Crippen molar-refractivity contribution in [2.75, 3.05) is 26.6 Å². The summed E-state index contributed by atoms with van der Waals surface area (Å²) in [5.41, 5.74) is 0. The Balaban J connectivity index is 2.26. The summed E-state index contributed by atoms with van der Waals surface area (Å²) < 4.78 is 38.8. The molecule has 0 bridgehead atoms. The standard InChI is InChI=1S/C11H14O5S/c1-14-6-8-7-15-11-5-9(17(2,12)13)3-4-10(11)16-8/h3-5,8H,6-7H2,1-2H3. The van der Waals surface area contributed by atoms with E-state index in [1.807, 2.05) is 0 Å². The average Bonchev–Trinajstić information content (AvgIpc) is 2.27. The third-order valence-corrected chi connectivity index (χ3v) is 3.52. The summed E-state index contributed by atoms with van der Waals surface area (Å²) in [6.45, 7) is 0.793. The van der Waals surface area contributed by atoms with Crippen molar-refractivity contribution in [2.24, 2.45) is 0 Å². The van der Waals surface area contributed by atoms with Gasteiger partial charge in [0.2, 0.25) is 0 Å². The number of rotatable bonds is 3. The molecule has 0 N–H and O–H groups in total. The van der Waals surface area contributed by atoms with E-state index < -0.39 is 9.84 Å². The van der Waals surface area contributed by atoms with E-state index in [0.717, 1.165) is 6.26 Å². The van der Waals surface area contributed by atoms with Gasteiger partial charge >= 0.3 is 0 Å². The molecule has 0 aliphatic carbocycles. The van der Waals surface area contributed by atoms with E-state index in [1.54, 1.807) is 13.2 Å². The van der Waals surface area contributed by atoms with Crippen LogP contribution in [0, 0.1) is 0 Å². The number of fused-ring (bicyclic) bond motifs is 1. The number of ether oxygens (including phenoxy) is 3. The van der Waals surface area contributed by atoms with Crippen LogP contribution in [0.1, 0.15) is 0 Å². The smallest absolute Gasteiger partial charge is 0.175 e. The minimum Gasteiger partial charge on any atom is -0.486 e. The van der Waals surface area contributed by atoms with Crippen molar-refractivity contribution < 1.29 is 22.6 Å². The highest BCUT2D eigenvalue weighted by molar-refractivity contribution is 7.90. The summed E-state index contributed by atoms with van der Waals surface area (Å²) in [4.78, 5) is 0.227. The number of methoxy groups -OCH3 is 1. The van der Waals surface area contributed by atoms with Crippen LogP contribution >= 0.6 is 0 Å².